The largest absolute Gasteiger partial charge is 2.00 e. The van der Waals surface area contributed by atoms with E-state index in [1.165, 1.54) is 0 Å². The van der Waals surface area contributed by atoms with Crippen LogP contribution in [0.3, 0.4) is 0 Å². The second kappa shape index (κ2) is 18.4. The minimum Gasteiger partial charge on any atom is -0.680 e. The molecule has 5 rings (SSSR count). The van der Waals surface area contributed by atoms with Gasteiger partial charge in [-0.05, 0) is 87.0 Å². The Labute approximate surface area is 381 Å². The summed E-state index contributed by atoms with van der Waals surface area (Å²) in [7, 11) is 0. The van der Waals surface area contributed by atoms with Gasteiger partial charge >= 0.3 is 58.6 Å². The number of carbonyl (C=O) groups is 7. The van der Waals surface area contributed by atoms with Gasteiger partial charge in [0.1, 0.15) is 0 Å². The standard InChI is InChI=1S/C45H60N4O14.Co/c1-21-36-24(9-12-29(50)51)23(3)44(7,48-36)18-28-25(10-13-30(52)53)42(5,19-34(60)61)39(46-28)22(2)37-26(11-14-31(54)55)43(6,20-35(62)63)45(8,49-37)40-27(17-33(58)59)41(4,38(21)47-40)16-15-32(56)57;/h21,26-27,40H,9-20H2,1-8H3,(H8,46,49,50,51,52,53,54,55,56,57,58,59,60,61,62,63);/q;+2/p-1/t21?,26-,27+,40-,41-,42+,43+,44+,45+;/m1./s1. The summed E-state index contributed by atoms with van der Waals surface area (Å²) in [5.74, 6) is -11.0. The van der Waals surface area contributed by atoms with E-state index in [4.69, 9.17) is 20.3 Å². The second-order valence-electron chi connectivity index (χ2n) is 19.1. The Kier molecular flexibility index (Phi) is 14.8. The Balaban J connectivity index is 0.00000898. The third-order valence-electron chi connectivity index (χ3n) is 15.1. The average molecular weight is 939 g/mol. The van der Waals surface area contributed by atoms with Gasteiger partial charge in [-0.15, -0.1) is 0 Å². The van der Waals surface area contributed by atoms with Crippen LogP contribution in [0.25, 0.3) is 5.32 Å². The molecule has 5 heterocycles. The molecule has 19 heteroatoms. The van der Waals surface area contributed by atoms with Crippen LogP contribution in [-0.4, -0.2) is 112 Å². The molecule has 351 valence electrons. The summed E-state index contributed by atoms with van der Waals surface area (Å²) in [5.41, 5.74) is -3.39. The Morgan fingerprint density at radius 2 is 1.30 bits per heavy atom. The number of nitrogens with zero attached hydrogens (tertiary/aromatic N) is 4. The number of fused-ring (bicyclic) bond motifs is 6. The van der Waals surface area contributed by atoms with Gasteiger partial charge in [-0.1, -0.05) is 33.2 Å². The van der Waals surface area contributed by atoms with E-state index in [0.29, 0.717) is 39.4 Å². The van der Waals surface area contributed by atoms with Crippen LogP contribution in [0.5, 0.6) is 0 Å². The maximum absolute atomic E-state index is 13.1. The predicted octanol–water partition coefficient (Wildman–Crippen LogP) is 6.64. The third-order valence-corrected chi connectivity index (χ3v) is 15.1. The van der Waals surface area contributed by atoms with E-state index in [0.717, 1.165) is 0 Å². The van der Waals surface area contributed by atoms with Crippen molar-refractivity contribution in [3.63, 3.8) is 0 Å². The van der Waals surface area contributed by atoms with Crippen LogP contribution in [0.4, 0.5) is 0 Å². The van der Waals surface area contributed by atoms with Gasteiger partial charge in [0, 0.05) is 77.9 Å². The zero-order chi connectivity index (χ0) is 47.4. The van der Waals surface area contributed by atoms with Gasteiger partial charge in [-0.2, -0.15) is 5.70 Å². The first kappa shape index (κ1) is 51.5. The fourth-order valence-electron chi connectivity index (χ4n) is 11.6. The number of hydrogen-bond donors (Lipinski definition) is 7. The summed E-state index contributed by atoms with van der Waals surface area (Å²) in [4.78, 5) is 104. The Bertz CT molecular complexity index is 2240. The fourth-order valence-corrected chi connectivity index (χ4v) is 11.6. The van der Waals surface area contributed by atoms with Crippen LogP contribution in [0.2, 0.25) is 0 Å². The van der Waals surface area contributed by atoms with E-state index in [1.54, 1.807) is 41.5 Å². The van der Waals surface area contributed by atoms with Gasteiger partial charge < -0.3 is 41.1 Å². The molecule has 0 aromatic carbocycles. The van der Waals surface area contributed by atoms with E-state index >= 15 is 0 Å². The Hall–Kier alpha value is -5.17. The van der Waals surface area contributed by atoms with Crippen molar-refractivity contribution in [2.75, 3.05) is 0 Å². The van der Waals surface area contributed by atoms with Crippen LogP contribution in [-0.2, 0) is 50.3 Å². The Morgan fingerprint density at radius 1 is 0.734 bits per heavy atom. The molecule has 8 bridgehead atoms. The summed E-state index contributed by atoms with van der Waals surface area (Å²) >= 11 is 0. The number of rotatable bonds is 18. The van der Waals surface area contributed by atoms with Crippen molar-refractivity contribution in [3.8, 4) is 0 Å². The predicted molar refractivity (Wildman–Crippen MR) is 228 cm³/mol. The fraction of sp³-hybridized carbons (Fsp3) is 0.644. The second-order valence-corrected chi connectivity index (χ2v) is 19.1. The molecule has 0 amide bonds. The maximum Gasteiger partial charge on any atom is 2.00 e. The molecule has 1 saturated heterocycles. The van der Waals surface area contributed by atoms with Crippen LogP contribution in [0.1, 0.15) is 132 Å². The minimum absolute atomic E-state index is 0. The first-order chi connectivity index (χ1) is 29.1. The zero-order valence-corrected chi connectivity index (χ0v) is 38.4. The van der Waals surface area contributed by atoms with Crippen LogP contribution >= 0.6 is 0 Å². The molecule has 64 heavy (non-hydrogen) atoms. The molecule has 0 aromatic heterocycles. The summed E-state index contributed by atoms with van der Waals surface area (Å²) in [6.45, 7) is 13.8. The van der Waals surface area contributed by atoms with Gasteiger partial charge in [0.25, 0.3) is 0 Å². The molecule has 0 saturated carbocycles. The third kappa shape index (κ3) is 9.06. The van der Waals surface area contributed by atoms with Crippen molar-refractivity contribution in [1.82, 2.24) is 0 Å². The Morgan fingerprint density at radius 3 is 1.83 bits per heavy atom. The molecule has 9 atom stereocenters. The van der Waals surface area contributed by atoms with Gasteiger partial charge in [0.2, 0.25) is 0 Å². The summed E-state index contributed by atoms with van der Waals surface area (Å²) < 4.78 is 0. The molecule has 5 aliphatic heterocycles. The van der Waals surface area contributed by atoms with E-state index in [-0.39, 0.29) is 73.1 Å². The molecule has 18 nitrogen and oxygen atoms in total. The topological polar surface area (TPSA) is 312 Å². The monoisotopic (exact) mass is 938 g/mol. The molecule has 0 aromatic rings. The van der Waals surface area contributed by atoms with Crippen molar-refractivity contribution in [3.05, 3.63) is 39.0 Å². The average Bonchev–Trinajstić information content (AvgIpc) is 3.75. The van der Waals surface area contributed by atoms with Crippen molar-refractivity contribution in [1.29, 1.82) is 0 Å². The van der Waals surface area contributed by atoms with Crippen LogP contribution < -0.4 is 0 Å². The maximum atomic E-state index is 13.1. The van der Waals surface area contributed by atoms with Crippen molar-refractivity contribution in [2.45, 2.75) is 150 Å². The van der Waals surface area contributed by atoms with Gasteiger partial charge in [-0.3, -0.25) is 48.5 Å². The SMILES string of the molecule is CC1=C(CCC(=O)O)C2=N[C@@]1(C)CC1=C(CCC(=O)O)[C@](C)(CC(=O)O)C(=N1)/C(C)=C1\[N-][C@@](C)([C@@H]3N=C(C2C)[C@](C)(CCC(=O)O)[C@H]3CC(=O)O)[C@@](C)(CC(=O)O)[C@@H]1CCC(=O)O.[Co+2]. The molecule has 0 aliphatic carbocycles. The van der Waals surface area contributed by atoms with Gasteiger partial charge in [-0.25, -0.2) is 0 Å². The molecule has 1 radical (unpaired) electrons. The van der Waals surface area contributed by atoms with E-state index in [2.05, 4.69) is 0 Å². The van der Waals surface area contributed by atoms with E-state index in [9.17, 15) is 69.3 Å². The quantitative estimate of drug-likeness (QED) is 0.0758. The van der Waals surface area contributed by atoms with Crippen LogP contribution in [0, 0.1) is 34.0 Å². The van der Waals surface area contributed by atoms with E-state index < -0.39 is 125 Å². The van der Waals surface area contributed by atoms with Crippen molar-refractivity contribution in [2.24, 2.45) is 49.0 Å². The number of allylic oxidation sites excluding steroid dienone is 4. The molecule has 7 N–H and O–H groups in total. The minimum atomic E-state index is -1.63. The van der Waals surface area contributed by atoms with Crippen LogP contribution in [0.15, 0.2) is 48.7 Å². The zero-order valence-electron chi connectivity index (χ0n) is 37.4. The molecule has 1 fully saturated rings. The number of carboxylic acids is 7. The van der Waals surface area contributed by atoms with Gasteiger partial charge in [0.15, 0.2) is 0 Å². The van der Waals surface area contributed by atoms with Crippen molar-refractivity contribution >= 4 is 58.9 Å². The molecule has 1 unspecified atom stereocenters. The number of aliphatic imine (C=N–C) groups is 3. The number of carboxylic acid groups (broad SMARTS) is 7. The summed E-state index contributed by atoms with van der Waals surface area (Å²) in [6, 6.07) is -1.14. The number of hydrogen-bond acceptors (Lipinski definition) is 10. The molecular formula is C45H59CoN4O14+. The normalized spacial score (nSPS) is 34.2. The first-order valence-corrected chi connectivity index (χ1v) is 21.2. The number of aliphatic carboxylic acids is 7. The van der Waals surface area contributed by atoms with E-state index in [1.807, 2.05) is 13.8 Å². The molecular weight excluding hydrogens is 879 g/mol. The first-order valence-electron chi connectivity index (χ1n) is 21.2. The summed E-state index contributed by atoms with van der Waals surface area (Å²) in [6.07, 6.45) is -3.44. The van der Waals surface area contributed by atoms with Gasteiger partial charge in [0.05, 0.1) is 30.5 Å². The van der Waals surface area contributed by atoms with Crippen molar-refractivity contribution < 1.29 is 86.1 Å². The molecule has 0 spiro atoms. The smallest absolute Gasteiger partial charge is 0.680 e. The summed E-state index contributed by atoms with van der Waals surface area (Å²) in [5, 5.41) is 76.9. The molecule has 5 aliphatic rings.